The van der Waals surface area contributed by atoms with E-state index in [1.165, 1.54) is 6.92 Å². The van der Waals surface area contributed by atoms with Crippen LogP contribution < -0.4 is 10.6 Å². The zero-order chi connectivity index (χ0) is 23.6. The van der Waals surface area contributed by atoms with Crippen molar-refractivity contribution in [2.75, 3.05) is 0 Å². The van der Waals surface area contributed by atoms with Gasteiger partial charge in [-0.1, -0.05) is 18.5 Å². The Morgan fingerprint density at radius 1 is 1.19 bits per heavy atom. The molecule has 1 aromatic carbocycles. The zero-order valence-corrected chi connectivity index (χ0v) is 18.4. The van der Waals surface area contributed by atoms with Gasteiger partial charge in [-0.05, 0) is 43.2 Å². The maximum atomic E-state index is 14.9. The number of aliphatic hydroxyl groups excluding tert-OH is 1. The molecule has 0 radical (unpaired) electrons. The van der Waals surface area contributed by atoms with Gasteiger partial charge >= 0.3 is 0 Å². The van der Waals surface area contributed by atoms with Crippen LogP contribution in [0, 0.1) is 34.8 Å². The fraction of sp³-hybridized carbons (Fsp3) is 0.636. The van der Waals surface area contributed by atoms with Gasteiger partial charge in [-0.3, -0.25) is 9.59 Å². The minimum Gasteiger partial charge on any atom is -0.391 e. The molecule has 4 rings (SSSR count). The molecule has 32 heavy (non-hydrogen) atoms. The second-order valence-corrected chi connectivity index (χ2v) is 10.1. The third-order valence-corrected chi connectivity index (χ3v) is 7.67. The molecule has 0 bridgehead atoms. The van der Waals surface area contributed by atoms with Crippen LogP contribution in [0.2, 0.25) is 5.02 Å². The molecule has 0 spiro atoms. The average molecular weight is 477 g/mol. The third-order valence-electron chi connectivity index (χ3n) is 7.38. The molecule has 10 heteroatoms. The zero-order valence-electron chi connectivity index (χ0n) is 17.6. The van der Waals surface area contributed by atoms with Gasteiger partial charge in [0.1, 0.15) is 11.6 Å². The summed E-state index contributed by atoms with van der Waals surface area (Å²) in [5, 5.41) is 15.1. The van der Waals surface area contributed by atoms with E-state index in [1.807, 2.05) is 0 Å². The maximum Gasteiger partial charge on any atom is 0.254 e. The molecule has 7 atom stereocenters. The molecule has 0 saturated heterocycles. The van der Waals surface area contributed by atoms with Crippen LogP contribution in [0.15, 0.2) is 12.1 Å². The quantitative estimate of drug-likeness (QED) is 0.447. The molecule has 1 aromatic rings. The van der Waals surface area contributed by atoms with E-state index in [0.29, 0.717) is 0 Å². The molecule has 3 saturated carbocycles. The van der Waals surface area contributed by atoms with Gasteiger partial charge in [-0.2, -0.15) is 0 Å². The minimum absolute atomic E-state index is 0.00279. The van der Waals surface area contributed by atoms with E-state index in [-0.39, 0.29) is 36.6 Å². The number of alkyl halides is 2. The molecule has 0 aromatic heterocycles. The summed E-state index contributed by atoms with van der Waals surface area (Å²) in [5.41, 5.74) is -1.46. The summed E-state index contributed by atoms with van der Waals surface area (Å²) in [6.07, 6.45) is -0.726. The standard InChI is InChI=1S/C22H25ClF4N2O3/c1-9(30)28-15-5-10(6-16(15)31)20(32)29-19(17-14(24)4-3-13(23)18(17)25)21(2)7-11-12(8-21)22(11,26)27/h3-4,10-12,15-16,19,31H,5-8H2,1-2H3,(H,28,30)(H,29,32)/t10-,11-,12+,15-,16+,19+,21?/m0/s1. The van der Waals surface area contributed by atoms with Crippen LogP contribution in [0.1, 0.15) is 51.1 Å². The molecule has 2 amide bonds. The lowest BCUT2D eigenvalue weighted by atomic mass is 9.74. The molecular weight excluding hydrogens is 452 g/mol. The Balaban J connectivity index is 1.61. The number of aliphatic hydroxyl groups is 1. The SMILES string of the molecule is CC(=O)N[C@H]1C[C@H](C(=O)N[C@H](c2c(F)ccc(Cl)c2F)C2(C)C[C@@H]3[C@H](C2)C3(F)F)C[C@H]1O. The van der Waals surface area contributed by atoms with Crippen LogP contribution in [-0.2, 0) is 9.59 Å². The first-order valence-corrected chi connectivity index (χ1v) is 11.0. The van der Waals surface area contributed by atoms with Crippen molar-refractivity contribution >= 4 is 23.4 Å². The highest BCUT2D eigenvalue weighted by Gasteiger charge is 2.74. The fourth-order valence-corrected chi connectivity index (χ4v) is 5.81. The molecule has 0 aliphatic heterocycles. The first-order chi connectivity index (χ1) is 14.8. The predicted octanol–water partition coefficient (Wildman–Crippen LogP) is 3.73. The van der Waals surface area contributed by atoms with Crippen molar-refractivity contribution < 1.29 is 32.3 Å². The van der Waals surface area contributed by atoms with E-state index in [9.17, 15) is 32.3 Å². The van der Waals surface area contributed by atoms with E-state index >= 15 is 0 Å². The highest BCUT2D eigenvalue weighted by molar-refractivity contribution is 6.30. The van der Waals surface area contributed by atoms with Gasteiger partial charge in [0.2, 0.25) is 11.8 Å². The van der Waals surface area contributed by atoms with Gasteiger partial charge in [-0.25, -0.2) is 17.6 Å². The van der Waals surface area contributed by atoms with E-state index in [0.717, 1.165) is 12.1 Å². The Labute approximate surface area is 187 Å². The second kappa shape index (κ2) is 7.87. The van der Waals surface area contributed by atoms with Crippen LogP contribution >= 0.6 is 11.6 Å². The van der Waals surface area contributed by atoms with Crippen LogP contribution in [0.3, 0.4) is 0 Å². The number of carbonyl (C=O) groups is 2. The van der Waals surface area contributed by atoms with Crippen molar-refractivity contribution in [2.45, 2.75) is 63.6 Å². The Bertz CT molecular complexity index is 945. The number of benzene rings is 1. The van der Waals surface area contributed by atoms with Crippen molar-refractivity contribution in [2.24, 2.45) is 23.2 Å². The predicted molar refractivity (Wildman–Crippen MR) is 108 cm³/mol. The van der Waals surface area contributed by atoms with E-state index in [2.05, 4.69) is 10.6 Å². The normalized spacial score (nSPS) is 35.8. The van der Waals surface area contributed by atoms with Crippen LogP contribution in [0.5, 0.6) is 0 Å². The monoisotopic (exact) mass is 476 g/mol. The maximum absolute atomic E-state index is 14.9. The lowest BCUT2D eigenvalue weighted by molar-refractivity contribution is -0.127. The Morgan fingerprint density at radius 3 is 2.41 bits per heavy atom. The molecule has 3 aliphatic rings. The van der Waals surface area contributed by atoms with Crippen molar-refractivity contribution in [1.29, 1.82) is 0 Å². The van der Waals surface area contributed by atoms with Gasteiger partial charge < -0.3 is 15.7 Å². The summed E-state index contributed by atoms with van der Waals surface area (Å²) in [6.45, 7) is 2.94. The van der Waals surface area contributed by atoms with Gasteiger partial charge in [0.05, 0.1) is 23.2 Å². The average Bonchev–Trinajstić information content (AvgIpc) is 3.05. The largest absolute Gasteiger partial charge is 0.391 e. The third kappa shape index (κ3) is 3.87. The molecule has 176 valence electrons. The van der Waals surface area contributed by atoms with E-state index < -0.39 is 70.4 Å². The molecule has 3 fully saturated rings. The van der Waals surface area contributed by atoms with Gasteiger partial charge in [0, 0.05) is 30.2 Å². The number of nitrogens with one attached hydrogen (secondary N) is 2. The second-order valence-electron chi connectivity index (χ2n) is 9.69. The first kappa shape index (κ1) is 23.3. The number of amides is 2. The molecule has 1 unspecified atom stereocenters. The minimum atomic E-state index is -2.79. The molecule has 5 nitrogen and oxygen atoms in total. The van der Waals surface area contributed by atoms with Crippen molar-refractivity contribution in [1.82, 2.24) is 10.6 Å². The smallest absolute Gasteiger partial charge is 0.254 e. The van der Waals surface area contributed by atoms with E-state index in [4.69, 9.17) is 11.6 Å². The Hall–Kier alpha value is -1.87. The highest BCUT2D eigenvalue weighted by Crippen LogP contribution is 2.71. The van der Waals surface area contributed by atoms with E-state index in [1.54, 1.807) is 6.92 Å². The number of halogens is 5. The van der Waals surface area contributed by atoms with Crippen LogP contribution in [-0.4, -0.2) is 35.0 Å². The summed E-state index contributed by atoms with van der Waals surface area (Å²) in [5.74, 6) is -8.13. The van der Waals surface area contributed by atoms with Crippen LogP contribution in [0.4, 0.5) is 17.6 Å². The number of rotatable bonds is 5. The lowest BCUT2D eigenvalue weighted by Crippen LogP contribution is -2.43. The molecule has 0 heterocycles. The van der Waals surface area contributed by atoms with Crippen molar-refractivity contribution in [3.05, 3.63) is 34.4 Å². The number of fused-ring (bicyclic) bond motifs is 1. The van der Waals surface area contributed by atoms with Gasteiger partial charge in [0.15, 0.2) is 0 Å². The molecular formula is C22H25ClF4N2O3. The highest BCUT2D eigenvalue weighted by atomic mass is 35.5. The molecule has 3 N–H and O–H groups in total. The summed E-state index contributed by atoms with van der Waals surface area (Å²) in [6, 6.07) is 0.214. The topological polar surface area (TPSA) is 78.4 Å². The number of hydrogen-bond donors (Lipinski definition) is 3. The summed E-state index contributed by atoms with van der Waals surface area (Å²) in [4.78, 5) is 24.4. The van der Waals surface area contributed by atoms with Gasteiger partial charge in [0.25, 0.3) is 5.92 Å². The first-order valence-electron chi connectivity index (χ1n) is 10.6. The summed E-state index contributed by atoms with van der Waals surface area (Å²) < 4.78 is 57.4. The van der Waals surface area contributed by atoms with Crippen molar-refractivity contribution in [3.8, 4) is 0 Å². The Kier molecular flexibility index (Phi) is 5.73. The van der Waals surface area contributed by atoms with Gasteiger partial charge in [-0.15, -0.1) is 0 Å². The lowest BCUT2D eigenvalue weighted by Gasteiger charge is -2.38. The number of carbonyl (C=O) groups excluding carboxylic acids is 2. The number of hydrogen-bond acceptors (Lipinski definition) is 3. The van der Waals surface area contributed by atoms with Crippen LogP contribution in [0.25, 0.3) is 0 Å². The Morgan fingerprint density at radius 2 is 1.81 bits per heavy atom. The summed E-state index contributed by atoms with van der Waals surface area (Å²) >= 11 is 5.87. The fourth-order valence-electron chi connectivity index (χ4n) is 5.65. The van der Waals surface area contributed by atoms with Crippen molar-refractivity contribution in [3.63, 3.8) is 0 Å². The molecule has 3 aliphatic carbocycles. The summed E-state index contributed by atoms with van der Waals surface area (Å²) in [7, 11) is 0.